The molecular weight excluding hydrogens is 128 g/mol. The Bertz CT molecular complexity index is 225. The smallest absolute Gasteiger partial charge is 0.0883 e. The van der Waals surface area contributed by atoms with Gasteiger partial charge < -0.3 is 5.32 Å². The molecule has 0 atom stereocenters. The zero-order chi connectivity index (χ0) is 6.97. The van der Waals surface area contributed by atoms with Crippen LogP contribution in [-0.2, 0) is 0 Å². The molecule has 0 saturated carbocycles. The fraction of sp³-hybridized carbons (Fsp3) is 0.500. The lowest BCUT2D eigenvalue weighted by Gasteiger charge is -2.24. The number of hydrogen-bond acceptors (Lipinski definition) is 3. The Kier molecular flexibility index (Phi) is 1.20. The van der Waals surface area contributed by atoms with E-state index in [0.717, 1.165) is 18.8 Å². The van der Waals surface area contributed by atoms with E-state index < -0.39 is 0 Å². The Hall–Kier alpha value is -0.900. The fourth-order valence-corrected chi connectivity index (χ4v) is 0.998. The largest absolute Gasteiger partial charge is 0.315 e. The summed E-state index contributed by atoms with van der Waals surface area (Å²) in [6.07, 6.45) is 1.87. The number of nitrogens with one attached hydrogen (secondary N) is 1. The Morgan fingerprint density at radius 2 is 2.50 bits per heavy atom. The minimum atomic E-state index is 0.565. The zero-order valence-corrected chi connectivity index (χ0v) is 5.62. The van der Waals surface area contributed by atoms with E-state index in [1.807, 2.05) is 6.20 Å². The van der Waals surface area contributed by atoms with Gasteiger partial charge in [-0.15, -0.1) is 5.10 Å². The molecule has 2 heterocycles. The molecule has 1 fully saturated rings. The van der Waals surface area contributed by atoms with E-state index in [-0.39, 0.29) is 0 Å². The molecule has 1 N–H and O–H groups in total. The molecule has 0 aromatic carbocycles. The van der Waals surface area contributed by atoms with Gasteiger partial charge in [0.25, 0.3) is 0 Å². The van der Waals surface area contributed by atoms with Gasteiger partial charge >= 0.3 is 0 Å². The van der Waals surface area contributed by atoms with E-state index in [0.29, 0.717) is 5.92 Å². The second-order valence-electron chi connectivity index (χ2n) is 2.54. The van der Waals surface area contributed by atoms with Crippen LogP contribution in [0, 0.1) is 7.05 Å². The van der Waals surface area contributed by atoms with Crippen molar-refractivity contribution < 1.29 is 0 Å². The summed E-state index contributed by atoms with van der Waals surface area (Å²) in [4.78, 5) is 0. The molecule has 1 aliphatic heterocycles. The van der Waals surface area contributed by atoms with E-state index >= 15 is 0 Å². The molecule has 10 heavy (non-hydrogen) atoms. The van der Waals surface area contributed by atoms with Crippen molar-refractivity contribution in [3.63, 3.8) is 0 Å². The predicted molar refractivity (Wildman–Crippen MR) is 36.4 cm³/mol. The highest BCUT2D eigenvalue weighted by Gasteiger charge is 2.21. The van der Waals surface area contributed by atoms with Gasteiger partial charge in [-0.1, -0.05) is 5.21 Å². The monoisotopic (exact) mass is 137 g/mol. The fourth-order valence-electron chi connectivity index (χ4n) is 0.998. The highest BCUT2D eigenvalue weighted by Crippen LogP contribution is 2.15. The molecule has 0 amide bonds. The summed E-state index contributed by atoms with van der Waals surface area (Å²) in [5, 5.41) is 10.9. The van der Waals surface area contributed by atoms with Crippen LogP contribution in [0.1, 0.15) is 11.6 Å². The number of aromatic nitrogens is 3. The normalized spacial score (nSPS) is 18.9. The summed E-state index contributed by atoms with van der Waals surface area (Å²) in [6, 6.07) is 0. The zero-order valence-electron chi connectivity index (χ0n) is 5.62. The van der Waals surface area contributed by atoms with Gasteiger partial charge in [0.1, 0.15) is 0 Å². The minimum absolute atomic E-state index is 0.565. The van der Waals surface area contributed by atoms with Crippen molar-refractivity contribution in [2.45, 2.75) is 5.92 Å². The van der Waals surface area contributed by atoms with E-state index in [1.54, 1.807) is 0 Å². The van der Waals surface area contributed by atoms with Crippen LogP contribution in [0.2, 0.25) is 0 Å². The molecule has 1 aliphatic rings. The molecule has 0 unspecified atom stereocenters. The van der Waals surface area contributed by atoms with Crippen LogP contribution in [0.5, 0.6) is 0 Å². The van der Waals surface area contributed by atoms with Crippen LogP contribution in [-0.4, -0.2) is 28.1 Å². The molecule has 1 aromatic rings. The SMILES string of the molecule is [CH2]n1cc(C2CNC2)nn1. The summed E-state index contributed by atoms with van der Waals surface area (Å²) >= 11 is 0. The molecule has 1 aromatic heterocycles. The van der Waals surface area contributed by atoms with Gasteiger partial charge in [-0.2, -0.15) is 0 Å². The number of hydrogen-bond donors (Lipinski definition) is 1. The molecule has 1 radical (unpaired) electrons. The predicted octanol–water partition coefficient (Wildman–Crippen LogP) is -0.395. The molecule has 0 bridgehead atoms. The van der Waals surface area contributed by atoms with Crippen LogP contribution in [0.3, 0.4) is 0 Å². The summed E-state index contributed by atoms with van der Waals surface area (Å²) in [7, 11) is 3.60. The highest BCUT2D eigenvalue weighted by atomic mass is 15.4. The topological polar surface area (TPSA) is 42.7 Å². The van der Waals surface area contributed by atoms with Gasteiger partial charge in [-0.05, 0) is 0 Å². The van der Waals surface area contributed by atoms with Crippen LogP contribution >= 0.6 is 0 Å². The Morgan fingerprint density at radius 1 is 1.70 bits per heavy atom. The summed E-state index contributed by atoms with van der Waals surface area (Å²) < 4.78 is 1.49. The van der Waals surface area contributed by atoms with Crippen molar-refractivity contribution in [2.75, 3.05) is 13.1 Å². The third-order valence-electron chi connectivity index (χ3n) is 1.76. The van der Waals surface area contributed by atoms with Crippen molar-refractivity contribution in [1.29, 1.82) is 0 Å². The lowest BCUT2D eigenvalue weighted by Crippen LogP contribution is -2.40. The molecule has 1 saturated heterocycles. The molecule has 0 aliphatic carbocycles. The summed E-state index contributed by atoms with van der Waals surface area (Å²) in [5.41, 5.74) is 1.05. The first kappa shape index (κ1) is 5.85. The molecule has 0 spiro atoms. The molecular formula is C6H9N4. The van der Waals surface area contributed by atoms with Gasteiger partial charge in [-0.3, -0.25) is 4.68 Å². The first-order valence-corrected chi connectivity index (χ1v) is 3.30. The highest BCUT2D eigenvalue weighted by molar-refractivity contribution is 5.07. The van der Waals surface area contributed by atoms with Crippen molar-refractivity contribution >= 4 is 0 Å². The molecule has 4 nitrogen and oxygen atoms in total. The Morgan fingerprint density at radius 3 is 2.90 bits per heavy atom. The lowest BCUT2D eigenvalue weighted by atomic mass is 10.0. The molecule has 4 heteroatoms. The minimum Gasteiger partial charge on any atom is -0.315 e. The summed E-state index contributed by atoms with van der Waals surface area (Å²) in [6.45, 7) is 2.05. The Balaban J connectivity index is 2.17. The van der Waals surface area contributed by atoms with E-state index in [1.165, 1.54) is 4.68 Å². The summed E-state index contributed by atoms with van der Waals surface area (Å²) in [5.74, 6) is 0.565. The number of nitrogens with zero attached hydrogens (tertiary/aromatic N) is 3. The van der Waals surface area contributed by atoms with E-state index in [9.17, 15) is 0 Å². The third-order valence-corrected chi connectivity index (χ3v) is 1.76. The second-order valence-corrected chi connectivity index (χ2v) is 2.54. The van der Waals surface area contributed by atoms with Crippen LogP contribution in [0.15, 0.2) is 6.20 Å². The van der Waals surface area contributed by atoms with Gasteiger partial charge in [-0.25, -0.2) is 0 Å². The van der Waals surface area contributed by atoms with Gasteiger partial charge in [0, 0.05) is 25.2 Å². The maximum atomic E-state index is 3.95. The number of rotatable bonds is 1. The van der Waals surface area contributed by atoms with Crippen molar-refractivity contribution in [3.05, 3.63) is 18.9 Å². The standard InChI is InChI=1S/C6H9N4/c1-10-4-6(8-9-10)5-2-7-3-5/h4-5,7H,1-3H2. The molecule has 53 valence electrons. The van der Waals surface area contributed by atoms with E-state index in [2.05, 4.69) is 22.7 Å². The van der Waals surface area contributed by atoms with Crippen molar-refractivity contribution in [3.8, 4) is 0 Å². The maximum absolute atomic E-state index is 3.95. The van der Waals surface area contributed by atoms with Crippen molar-refractivity contribution in [2.24, 2.45) is 0 Å². The van der Waals surface area contributed by atoms with Crippen LogP contribution in [0.4, 0.5) is 0 Å². The first-order chi connectivity index (χ1) is 4.86. The average molecular weight is 137 g/mol. The third kappa shape index (κ3) is 0.806. The van der Waals surface area contributed by atoms with Crippen molar-refractivity contribution in [1.82, 2.24) is 20.3 Å². The first-order valence-electron chi connectivity index (χ1n) is 3.30. The van der Waals surface area contributed by atoms with Gasteiger partial charge in [0.05, 0.1) is 12.7 Å². The van der Waals surface area contributed by atoms with Crippen LogP contribution < -0.4 is 5.32 Å². The second kappa shape index (κ2) is 2.05. The van der Waals surface area contributed by atoms with Gasteiger partial charge in [0.15, 0.2) is 0 Å². The lowest BCUT2D eigenvalue weighted by molar-refractivity contribution is 0.439. The van der Waals surface area contributed by atoms with Gasteiger partial charge in [0.2, 0.25) is 0 Å². The van der Waals surface area contributed by atoms with E-state index in [4.69, 9.17) is 0 Å². The maximum Gasteiger partial charge on any atom is 0.0883 e. The average Bonchev–Trinajstić information content (AvgIpc) is 2.10. The quantitative estimate of drug-likeness (QED) is 0.573. The molecule has 2 rings (SSSR count). The van der Waals surface area contributed by atoms with Crippen LogP contribution in [0.25, 0.3) is 0 Å². The Labute approximate surface area is 59.2 Å².